The molecule has 0 bridgehead atoms. The minimum absolute atomic E-state index is 0.201. The Morgan fingerprint density at radius 1 is 1.43 bits per heavy atom. The third-order valence-electron chi connectivity index (χ3n) is 2.35. The van der Waals surface area contributed by atoms with E-state index in [2.05, 4.69) is 4.98 Å². The fourth-order valence-corrected chi connectivity index (χ4v) is 1.52. The number of aromatic nitrogens is 1. The van der Waals surface area contributed by atoms with E-state index in [9.17, 15) is 0 Å². The van der Waals surface area contributed by atoms with Gasteiger partial charge in [0, 0.05) is 22.7 Å². The number of hydrogen-bond acceptors (Lipinski definition) is 2. The zero-order chi connectivity index (χ0) is 10.1. The minimum atomic E-state index is 0.201. The van der Waals surface area contributed by atoms with E-state index < -0.39 is 0 Å². The summed E-state index contributed by atoms with van der Waals surface area (Å²) in [7, 11) is 1.51. The summed E-state index contributed by atoms with van der Waals surface area (Å²) >= 11 is 0. The van der Waals surface area contributed by atoms with Gasteiger partial charge >= 0.3 is 0 Å². The van der Waals surface area contributed by atoms with Crippen LogP contribution in [0.1, 0.15) is 11.1 Å². The Morgan fingerprint density at radius 2 is 2.21 bits per heavy atom. The normalized spacial score (nSPS) is 10.4. The second-order valence-electron chi connectivity index (χ2n) is 3.27. The fourth-order valence-electron chi connectivity index (χ4n) is 1.52. The molecule has 14 heavy (non-hydrogen) atoms. The number of rotatable bonds is 1. The summed E-state index contributed by atoms with van der Waals surface area (Å²) in [4.78, 5) is 3.16. The molecular weight excluding hydrogens is 176 g/mol. The Labute approximate surface area is 82.2 Å². The molecule has 1 aromatic carbocycles. The summed E-state index contributed by atoms with van der Waals surface area (Å²) in [5.74, 6) is 0.201. The molecule has 0 amide bonds. The maximum absolute atomic E-state index is 7.54. The molecular formula is C11H12N2O. The summed E-state index contributed by atoms with van der Waals surface area (Å²) < 4.78 is 4.87. The van der Waals surface area contributed by atoms with Gasteiger partial charge in [-0.15, -0.1) is 0 Å². The lowest BCUT2D eigenvalue weighted by Gasteiger charge is -2.02. The van der Waals surface area contributed by atoms with Crippen molar-refractivity contribution in [3.8, 4) is 0 Å². The van der Waals surface area contributed by atoms with Gasteiger partial charge in [-0.1, -0.05) is 0 Å². The van der Waals surface area contributed by atoms with Crippen molar-refractivity contribution < 1.29 is 4.74 Å². The molecule has 0 saturated carbocycles. The second kappa shape index (κ2) is 3.18. The van der Waals surface area contributed by atoms with Gasteiger partial charge in [0.2, 0.25) is 5.90 Å². The van der Waals surface area contributed by atoms with Gasteiger partial charge in [0.05, 0.1) is 7.11 Å². The van der Waals surface area contributed by atoms with Crippen molar-refractivity contribution in [3.05, 3.63) is 35.5 Å². The average Bonchev–Trinajstić information content (AvgIpc) is 2.59. The van der Waals surface area contributed by atoms with Crippen LogP contribution in [0.2, 0.25) is 0 Å². The van der Waals surface area contributed by atoms with Crippen molar-refractivity contribution in [1.29, 1.82) is 5.41 Å². The Bertz CT molecular complexity index is 485. The molecule has 0 fully saturated rings. The first-order chi connectivity index (χ1) is 6.72. The van der Waals surface area contributed by atoms with E-state index in [0.29, 0.717) is 0 Å². The number of aryl methyl sites for hydroxylation is 1. The van der Waals surface area contributed by atoms with Crippen LogP contribution in [0.5, 0.6) is 0 Å². The predicted molar refractivity (Wildman–Crippen MR) is 56.9 cm³/mol. The van der Waals surface area contributed by atoms with Gasteiger partial charge in [-0.2, -0.15) is 0 Å². The summed E-state index contributed by atoms with van der Waals surface area (Å²) in [5, 5.41) is 8.69. The molecule has 2 aromatic rings. The van der Waals surface area contributed by atoms with E-state index in [1.807, 2.05) is 31.3 Å². The Morgan fingerprint density at radius 3 is 2.93 bits per heavy atom. The number of hydrogen-bond donors (Lipinski definition) is 2. The molecule has 0 spiro atoms. The summed E-state index contributed by atoms with van der Waals surface area (Å²) in [6.07, 6.45) is 1.96. The lowest BCUT2D eigenvalue weighted by molar-refractivity contribution is 0.401. The van der Waals surface area contributed by atoms with Crippen LogP contribution < -0.4 is 0 Å². The summed E-state index contributed by atoms with van der Waals surface area (Å²) in [5.41, 5.74) is 3.09. The largest absolute Gasteiger partial charge is 0.481 e. The zero-order valence-electron chi connectivity index (χ0n) is 8.22. The molecule has 72 valence electrons. The zero-order valence-corrected chi connectivity index (χ0v) is 8.22. The Kier molecular flexibility index (Phi) is 2.00. The van der Waals surface area contributed by atoms with Crippen molar-refractivity contribution in [1.82, 2.24) is 4.98 Å². The van der Waals surface area contributed by atoms with Gasteiger partial charge in [0.15, 0.2) is 0 Å². The topological polar surface area (TPSA) is 48.9 Å². The van der Waals surface area contributed by atoms with Gasteiger partial charge < -0.3 is 9.72 Å². The third-order valence-corrected chi connectivity index (χ3v) is 2.35. The molecule has 2 rings (SSSR count). The molecule has 0 aliphatic rings. The smallest absolute Gasteiger partial charge is 0.212 e. The van der Waals surface area contributed by atoms with E-state index in [1.54, 1.807) is 0 Å². The van der Waals surface area contributed by atoms with Gasteiger partial charge in [-0.3, -0.25) is 5.41 Å². The van der Waals surface area contributed by atoms with Crippen LogP contribution >= 0.6 is 0 Å². The highest BCUT2D eigenvalue weighted by molar-refractivity contribution is 5.96. The highest BCUT2D eigenvalue weighted by atomic mass is 16.5. The van der Waals surface area contributed by atoms with E-state index in [-0.39, 0.29) is 5.90 Å². The van der Waals surface area contributed by atoms with Gasteiger partial charge in [0.25, 0.3) is 0 Å². The molecule has 0 unspecified atom stereocenters. The molecule has 3 heteroatoms. The van der Waals surface area contributed by atoms with Crippen LogP contribution in [0, 0.1) is 12.3 Å². The van der Waals surface area contributed by atoms with E-state index in [4.69, 9.17) is 10.1 Å². The van der Waals surface area contributed by atoms with Crippen molar-refractivity contribution in [2.45, 2.75) is 6.92 Å². The molecule has 0 aliphatic carbocycles. The average molecular weight is 188 g/mol. The van der Waals surface area contributed by atoms with Crippen molar-refractivity contribution in [3.63, 3.8) is 0 Å². The van der Waals surface area contributed by atoms with Crippen LogP contribution in [-0.4, -0.2) is 18.0 Å². The summed E-state index contributed by atoms with van der Waals surface area (Å²) in [6, 6.07) is 5.81. The second-order valence-corrected chi connectivity index (χ2v) is 3.27. The number of fused-ring (bicyclic) bond motifs is 1. The highest BCUT2D eigenvalue weighted by Gasteiger charge is 2.04. The van der Waals surface area contributed by atoms with Crippen molar-refractivity contribution in [2.24, 2.45) is 0 Å². The fraction of sp³-hybridized carbons (Fsp3) is 0.182. The molecule has 1 aromatic heterocycles. The molecule has 0 radical (unpaired) electrons. The maximum Gasteiger partial charge on any atom is 0.212 e. The first-order valence-corrected chi connectivity index (χ1v) is 4.43. The molecule has 0 aliphatic heterocycles. The van der Waals surface area contributed by atoms with E-state index in [0.717, 1.165) is 16.5 Å². The standard InChI is InChI=1S/C11H12N2O/c1-7-6-13-10-4-3-8(5-9(7)10)11(12)14-2/h3-6,12-13H,1-2H3. The Balaban J connectivity index is 2.60. The molecule has 0 saturated heterocycles. The van der Waals surface area contributed by atoms with E-state index >= 15 is 0 Å². The first-order valence-electron chi connectivity index (χ1n) is 4.43. The number of ether oxygens (including phenoxy) is 1. The van der Waals surface area contributed by atoms with Crippen LogP contribution in [0.25, 0.3) is 10.9 Å². The quantitative estimate of drug-likeness (QED) is 0.524. The molecule has 1 heterocycles. The third kappa shape index (κ3) is 1.27. The monoisotopic (exact) mass is 188 g/mol. The maximum atomic E-state index is 7.54. The lowest BCUT2D eigenvalue weighted by atomic mass is 10.1. The number of benzene rings is 1. The predicted octanol–water partition coefficient (Wildman–Crippen LogP) is 2.45. The first kappa shape index (κ1) is 8.81. The van der Waals surface area contributed by atoms with Crippen LogP contribution in [0.3, 0.4) is 0 Å². The van der Waals surface area contributed by atoms with Crippen LogP contribution in [-0.2, 0) is 4.74 Å². The molecule has 2 N–H and O–H groups in total. The highest BCUT2D eigenvalue weighted by Crippen LogP contribution is 2.19. The number of aromatic amines is 1. The summed E-state index contributed by atoms with van der Waals surface area (Å²) in [6.45, 7) is 2.04. The number of nitrogens with one attached hydrogen (secondary N) is 2. The van der Waals surface area contributed by atoms with Crippen LogP contribution in [0.4, 0.5) is 0 Å². The Hall–Kier alpha value is -1.77. The lowest BCUT2D eigenvalue weighted by Crippen LogP contribution is -2.00. The van der Waals surface area contributed by atoms with Gasteiger partial charge in [0.1, 0.15) is 0 Å². The molecule has 3 nitrogen and oxygen atoms in total. The SMILES string of the molecule is COC(=N)c1ccc2[nH]cc(C)c2c1. The van der Waals surface area contributed by atoms with Crippen molar-refractivity contribution >= 4 is 16.8 Å². The van der Waals surface area contributed by atoms with Crippen LogP contribution in [0.15, 0.2) is 24.4 Å². The number of methoxy groups -OCH3 is 1. The van der Waals surface area contributed by atoms with Crippen molar-refractivity contribution in [2.75, 3.05) is 7.11 Å². The minimum Gasteiger partial charge on any atom is -0.481 e. The van der Waals surface area contributed by atoms with Gasteiger partial charge in [-0.25, -0.2) is 0 Å². The number of H-pyrrole nitrogens is 1. The van der Waals surface area contributed by atoms with E-state index in [1.165, 1.54) is 12.7 Å². The molecule has 0 atom stereocenters. The van der Waals surface area contributed by atoms with Gasteiger partial charge in [-0.05, 0) is 30.7 Å².